The number of nitrogens with zero attached hydrogens (tertiary/aromatic N) is 3. The second kappa shape index (κ2) is 9.88. The van der Waals surface area contributed by atoms with Crippen LogP contribution in [0.3, 0.4) is 0 Å². The number of rotatable bonds is 4. The zero-order chi connectivity index (χ0) is 21.6. The summed E-state index contributed by atoms with van der Waals surface area (Å²) >= 11 is 0. The molecule has 2 fully saturated rings. The molecule has 3 atom stereocenters. The van der Waals surface area contributed by atoms with E-state index in [0.717, 1.165) is 31.9 Å². The number of halogens is 3. The molecule has 0 spiro atoms. The van der Waals surface area contributed by atoms with Crippen molar-refractivity contribution in [2.45, 2.75) is 18.8 Å². The molecule has 1 aromatic heterocycles. The fourth-order valence-corrected chi connectivity index (χ4v) is 3.32. The Morgan fingerprint density at radius 1 is 1.34 bits per heavy atom. The van der Waals surface area contributed by atoms with Gasteiger partial charge in [-0.25, -0.2) is 9.59 Å². The number of ether oxygens (including phenoxy) is 1. The maximum absolute atomic E-state index is 11.7. The van der Waals surface area contributed by atoms with Gasteiger partial charge in [-0.3, -0.25) is 9.88 Å². The lowest BCUT2D eigenvalue weighted by Crippen LogP contribution is -2.39. The van der Waals surface area contributed by atoms with Gasteiger partial charge in [0, 0.05) is 58.3 Å². The molecule has 2 amide bonds. The van der Waals surface area contributed by atoms with Gasteiger partial charge in [0.25, 0.3) is 0 Å². The molecule has 0 aromatic carbocycles. The molecule has 2 saturated heterocycles. The van der Waals surface area contributed by atoms with Crippen molar-refractivity contribution < 1.29 is 32.6 Å². The molecule has 2 aliphatic heterocycles. The van der Waals surface area contributed by atoms with Gasteiger partial charge in [0.2, 0.25) is 0 Å². The van der Waals surface area contributed by atoms with Crippen LogP contribution in [0.15, 0.2) is 24.4 Å². The van der Waals surface area contributed by atoms with Gasteiger partial charge in [-0.2, -0.15) is 13.2 Å². The summed E-state index contributed by atoms with van der Waals surface area (Å²) in [5, 5.41) is 10.1. The fourth-order valence-electron chi connectivity index (χ4n) is 3.32. The molecule has 8 nitrogen and oxygen atoms in total. The van der Waals surface area contributed by atoms with Gasteiger partial charge in [-0.1, -0.05) is 6.07 Å². The molecule has 11 heteroatoms. The minimum absolute atomic E-state index is 0.0354. The molecule has 3 heterocycles. The normalized spacial score (nSPS) is 23.7. The van der Waals surface area contributed by atoms with Crippen molar-refractivity contribution in [3.8, 4) is 0 Å². The van der Waals surface area contributed by atoms with E-state index < -0.39 is 12.1 Å². The van der Waals surface area contributed by atoms with Crippen LogP contribution in [0.1, 0.15) is 5.69 Å². The summed E-state index contributed by atoms with van der Waals surface area (Å²) in [4.78, 5) is 28.9. The second-order valence-corrected chi connectivity index (χ2v) is 7.19. The standard InChI is InChI=1S/C16H24N4O2.C2HF3O2/c1-19(2)16(21)18-7-12-11-22-15-10-20(9-14(12)15)8-13-5-3-4-6-17-13;3-2(4,5)1(6)7/h3-6,12,14-15H,7-11H2,1-2H3,(H,18,21);(H,6,7)/t12-,14+,15+;/m0./s1. The minimum Gasteiger partial charge on any atom is -0.475 e. The Kier molecular flexibility index (Phi) is 7.80. The number of carbonyl (C=O) groups is 2. The Balaban J connectivity index is 0.000000370. The Morgan fingerprint density at radius 2 is 2.03 bits per heavy atom. The fraction of sp³-hybridized carbons (Fsp3) is 0.611. The summed E-state index contributed by atoms with van der Waals surface area (Å²) in [6.45, 7) is 4.28. The summed E-state index contributed by atoms with van der Waals surface area (Å²) in [5.74, 6) is -1.85. The zero-order valence-corrected chi connectivity index (χ0v) is 16.2. The third-order valence-corrected chi connectivity index (χ3v) is 4.79. The third kappa shape index (κ3) is 6.86. The maximum atomic E-state index is 11.7. The van der Waals surface area contributed by atoms with E-state index in [1.165, 1.54) is 0 Å². The van der Waals surface area contributed by atoms with Crippen LogP contribution in [-0.2, 0) is 16.1 Å². The van der Waals surface area contributed by atoms with Crippen molar-refractivity contribution in [1.82, 2.24) is 20.1 Å². The van der Waals surface area contributed by atoms with E-state index in [1.807, 2.05) is 18.3 Å². The van der Waals surface area contributed by atoms with Gasteiger partial charge in [0.15, 0.2) is 0 Å². The Bertz CT molecular complexity index is 687. The number of carbonyl (C=O) groups excluding carboxylic acids is 1. The quantitative estimate of drug-likeness (QED) is 0.768. The first kappa shape index (κ1) is 22.9. The molecular formula is C18H25F3N4O4. The smallest absolute Gasteiger partial charge is 0.475 e. The van der Waals surface area contributed by atoms with Crippen LogP contribution in [0, 0.1) is 11.8 Å². The van der Waals surface area contributed by atoms with Gasteiger partial charge >= 0.3 is 18.2 Å². The van der Waals surface area contributed by atoms with Crippen molar-refractivity contribution in [3.63, 3.8) is 0 Å². The molecule has 1 aromatic rings. The zero-order valence-electron chi connectivity index (χ0n) is 16.2. The van der Waals surface area contributed by atoms with Gasteiger partial charge in [0.1, 0.15) is 0 Å². The average Bonchev–Trinajstić information content (AvgIpc) is 3.20. The number of nitrogens with one attached hydrogen (secondary N) is 1. The number of aliphatic carboxylic acids is 1. The van der Waals surface area contributed by atoms with E-state index in [2.05, 4.69) is 21.3 Å². The topological polar surface area (TPSA) is 95.0 Å². The molecule has 0 aliphatic carbocycles. The minimum atomic E-state index is -5.08. The first-order valence-corrected chi connectivity index (χ1v) is 9.07. The monoisotopic (exact) mass is 418 g/mol. The van der Waals surface area contributed by atoms with Crippen LogP contribution in [0.25, 0.3) is 0 Å². The van der Waals surface area contributed by atoms with E-state index in [0.29, 0.717) is 24.5 Å². The SMILES string of the molecule is CN(C)C(=O)NC[C@H]1CO[C@@H]2CN(Cc3ccccn3)C[C@H]12.O=C(O)C(F)(F)F. The second-order valence-electron chi connectivity index (χ2n) is 7.19. The van der Waals surface area contributed by atoms with Crippen LogP contribution in [0.5, 0.6) is 0 Å². The predicted octanol–water partition coefficient (Wildman–Crippen LogP) is 1.43. The van der Waals surface area contributed by atoms with Crippen LogP contribution in [-0.4, -0.2) is 84.5 Å². The Labute approximate surface area is 166 Å². The number of carboxylic acid groups (broad SMARTS) is 1. The number of alkyl halides is 3. The highest BCUT2D eigenvalue weighted by Gasteiger charge is 2.43. The molecule has 3 rings (SSSR count). The highest BCUT2D eigenvalue weighted by Crippen LogP contribution is 2.33. The van der Waals surface area contributed by atoms with E-state index in [4.69, 9.17) is 14.6 Å². The number of aromatic nitrogens is 1. The van der Waals surface area contributed by atoms with Gasteiger partial charge < -0.3 is 20.1 Å². The van der Waals surface area contributed by atoms with Crippen molar-refractivity contribution in [1.29, 1.82) is 0 Å². The van der Waals surface area contributed by atoms with E-state index >= 15 is 0 Å². The van der Waals surface area contributed by atoms with Crippen molar-refractivity contribution in [2.24, 2.45) is 11.8 Å². The number of likely N-dealkylation sites (tertiary alicyclic amines) is 1. The number of carboxylic acids is 1. The van der Waals surface area contributed by atoms with Gasteiger partial charge in [-0.15, -0.1) is 0 Å². The van der Waals surface area contributed by atoms with E-state index in [1.54, 1.807) is 19.0 Å². The first-order valence-electron chi connectivity index (χ1n) is 9.07. The highest BCUT2D eigenvalue weighted by atomic mass is 19.4. The van der Waals surface area contributed by atoms with Crippen LogP contribution < -0.4 is 5.32 Å². The Hall–Kier alpha value is -2.40. The van der Waals surface area contributed by atoms with E-state index in [9.17, 15) is 18.0 Å². The van der Waals surface area contributed by atoms with Gasteiger partial charge in [-0.05, 0) is 12.1 Å². The summed E-state index contributed by atoms with van der Waals surface area (Å²) in [6, 6.07) is 5.99. The number of hydrogen-bond donors (Lipinski definition) is 2. The average molecular weight is 418 g/mol. The number of urea groups is 1. The number of amides is 2. The first-order chi connectivity index (χ1) is 13.6. The lowest BCUT2D eigenvalue weighted by molar-refractivity contribution is -0.192. The Morgan fingerprint density at radius 3 is 2.59 bits per heavy atom. The largest absolute Gasteiger partial charge is 0.490 e. The molecule has 0 radical (unpaired) electrons. The lowest BCUT2D eigenvalue weighted by Gasteiger charge is -2.20. The lowest BCUT2D eigenvalue weighted by atomic mass is 9.93. The molecule has 0 unspecified atom stereocenters. The van der Waals surface area contributed by atoms with Crippen LogP contribution in [0.2, 0.25) is 0 Å². The summed E-state index contributed by atoms with van der Waals surface area (Å²) in [6.07, 6.45) is -2.95. The van der Waals surface area contributed by atoms with Gasteiger partial charge in [0.05, 0.1) is 18.4 Å². The maximum Gasteiger partial charge on any atom is 0.490 e. The molecular weight excluding hydrogens is 393 g/mol. The summed E-state index contributed by atoms with van der Waals surface area (Å²) in [7, 11) is 3.51. The number of hydrogen-bond acceptors (Lipinski definition) is 5. The predicted molar refractivity (Wildman–Crippen MR) is 97.0 cm³/mol. The van der Waals surface area contributed by atoms with Crippen LogP contribution >= 0.6 is 0 Å². The highest BCUT2D eigenvalue weighted by molar-refractivity contribution is 5.73. The third-order valence-electron chi connectivity index (χ3n) is 4.79. The molecule has 2 N–H and O–H groups in total. The van der Waals surface area contributed by atoms with Crippen molar-refractivity contribution >= 4 is 12.0 Å². The molecule has 0 saturated carbocycles. The summed E-state index contributed by atoms with van der Waals surface area (Å²) in [5.41, 5.74) is 1.10. The summed E-state index contributed by atoms with van der Waals surface area (Å²) < 4.78 is 37.7. The van der Waals surface area contributed by atoms with Crippen LogP contribution in [0.4, 0.5) is 18.0 Å². The van der Waals surface area contributed by atoms with Crippen molar-refractivity contribution in [3.05, 3.63) is 30.1 Å². The molecule has 29 heavy (non-hydrogen) atoms. The molecule has 162 valence electrons. The molecule has 0 bridgehead atoms. The van der Waals surface area contributed by atoms with Crippen molar-refractivity contribution in [2.75, 3.05) is 40.3 Å². The number of pyridine rings is 1. The number of fused-ring (bicyclic) bond motifs is 1. The van der Waals surface area contributed by atoms with E-state index in [-0.39, 0.29) is 6.03 Å². The molecule has 2 aliphatic rings.